The van der Waals surface area contributed by atoms with Crippen molar-refractivity contribution < 1.29 is 43.0 Å². The molecule has 4 amide bonds. The lowest BCUT2D eigenvalue weighted by molar-refractivity contribution is -0.161. The fourth-order valence-electron chi connectivity index (χ4n) is 10.8. The highest BCUT2D eigenvalue weighted by Crippen LogP contribution is 2.37. The van der Waals surface area contributed by atoms with Crippen LogP contribution in [0.25, 0.3) is 10.9 Å². The molecule has 17 heteroatoms. The monoisotopic (exact) mass is 1050 g/mol. The minimum Gasteiger partial charge on any atom is -0.497 e. The number of hydrogen-bond donors (Lipinski definition) is 5. The van der Waals surface area contributed by atoms with Crippen LogP contribution in [0, 0.1) is 11.3 Å². The van der Waals surface area contributed by atoms with E-state index in [1.807, 2.05) is 97.2 Å². The van der Waals surface area contributed by atoms with Crippen LogP contribution >= 0.6 is 0 Å². The number of H-pyrrole nitrogens is 1. The first-order valence-corrected chi connectivity index (χ1v) is 27.1. The number of anilines is 1. The molecule has 2 aliphatic rings. The largest absolute Gasteiger partial charge is 0.497 e. The molecule has 77 heavy (non-hydrogen) atoms. The van der Waals surface area contributed by atoms with Crippen molar-refractivity contribution in [2.24, 2.45) is 17.1 Å². The number of likely N-dealkylation sites (tertiary alicyclic amines) is 2. The first-order chi connectivity index (χ1) is 36.8. The summed E-state index contributed by atoms with van der Waals surface area (Å²) >= 11 is 0. The molecule has 6 N–H and O–H groups in total. The van der Waals surface area contributed by atoms with Crippen LogP contribution in [0.1, 0.15) is 108 Å². The second-order valence-electron chi connectivity index (χ2n) is 21.7. The normalized spacial score (nSPS) is 18.1. The Hall–Kier alpha value is -7.27. The quantitative estimate of drug-likeness (QED) is 0.0416. The molecular formula is C60H78N8O9. The van der Waals surface area contributed by atoms with Gasteiger partial charge in [0.2, 0.25) is 23.6 Å². The van der Waals surface area contributed by atoms with Gasteiger partial charge in [-0.25, -0.2) is 0 Å². The average molecular weight is 1060 g/mol. The van der Waals surface area contributed by atoms with Gasteiger partial charge in [-0.3, -0.25) is 33.8 Å². The number of methoxy groups -OCH3 is 1. The highest BCUT2D eigenvalue weighted by molar-refractivity contribution is 5.95. The summed E-state index contributed by atoms with van der Waals surface area (Å²) in [5.41, 5.74) is 7.60. The Morgan fingerprint density at radius 1 is 0.831 bits per heavy atom. The Bertz CT molecular complexity index is 2830. The number of aromatic nitrogens is 2. The summed E-state index contributed by atoms with van der Waals surface area (Å²) in [7, 11) is 1.60. The molecule has 17 nitrogen and oxygen atoms in total. The van der Waals surface area contributed by atoms with E-state index in [9.17, 15) is 28.8 Å². The number of nitrogens with zero attached hydrogens (tertiary/aromatic N) is 3. The number of hydrogen-bond acceptors (Lipinski definition) is 12. The lowest BCUT2D eigenvalue weighted by Crippen LogP contribution is -2.59. The molecule has 5 atom stereocenters. The third-order valence-corrected chi connectivity index (χ3v) is 14.9. The van der Waals surface area contributed by atoms with Crippen LogP contribution in [0.15, 0.2) is 103 Å². The number of esters is 2. The Balaban J connectivity index is 1.06. The van der Waals surface area contributed by atoms with Crippen LogP contribution in [-0.4, -0.2) is 125 Å². The fourth-order valence-corrected chi connectivity index (χ4v) is 10.8. The molecule has 2 fully saturated rings. The van der Waals surface area contributed by atoms with Gasteiger partial charge < -0.3 is 50.7 Å². The van der Waals surface area contributed by atoms with Crippen molar-refractivity contribution in [2.45, 2.75) is 128 Å². The number of nitrogens with two attached hydrogens (primary N) is 1. The maximum Gasteiger partial charge on any atom is 0.314 e. The average Bonchev–Trinajstić information content (AvgIpc) is 3.82. The van der Waals surface area contributed by atoms with Crippen molar-refractivity contribution in [3.05, 3.63) is 126 Å². The minimum absolute atomic E-state index is 0.120. The number of piperidine rings is 2. The van der Waals surface area contributed by atoms with Crippen LogP contribution in [0.3, 0.4) is 0 Å². The molecule has 0 bridgehead atoms. The number of pyridine rings is 1. The van der Waals surface area contributed by atoms with E-state index in [0.717, 1.165) is 39.7 Å². The molecule has 0 spiro atoms. The van der Waals surface area contributed by atoms with E-state index in [1.165, 1.54) is 0 Å². The van der Waals surface area contributed by atoms with E-state index in [1.54, 1.807) is 64.6 Å². The summed E-state index contributed by atoms with van der Waals surface area (Å²) < 4.78 is 16.7. The number of amides is 4. The first kappa shape index (κ1) is 57.4. The molecular weight excluding hydrogens is 977 g/mol. The summed E-state index contributed by atoms with van der Waals surface area (Å²) in [4.78, 5) is 95.9. The topological polar surface area (TPSA) is 227 Å². The third-order valence-electron chi connectivity index (χ3n) is 14.9. The van der Waals surface area contributed by atoms with E-state index >= 15 is 0 Å². The number of fused-ring (bicyclic) bond motifs is 1. The number of rotatable bonds is 23. The van der Waals surface area contributed by atoms with E-state index in [-0.39, 0.29) is 55.9 Å². The van der Waals surface area contributed by atoms with Crippen molar-refractivity contribution >= 4 is 52.2 Å². The highest BCUT2D eigenvalue weighted by atomic mass is 16.5. The van der Waals surface area contributed by atoms with Crippen molar-refractivity contribution in [2.75, 3.05) is 51.8 Å². The Kier molecular flexibility index (Phi) is 19.2. The van der Waals surface area contributed by atoms with Gasteiger partial charge in [0.05, 0.1) is 37.2 Å². The van der Waals surface area contributed by atoms with E-state index in [4.69, 9.17) is 19.9 Å². The van der Waals surface area contributed by atoms with Gasteiger partial charge in [0, 0.05) is 73.7 Å². The predicted octanol–water partition coefficient (Wildman–Crippen LogP) is 7.03. The number of ether oxygens (including phenoxy) is 3. The van der Waals surface area contributed by atoms with Crippen molar-refractivity contribution in [3.63, 3.8) is 0 Å². The lowest BCUT2D eigenvalue weighted by Gasteiger charge is -2.42. The summed E-state index contributed by atoms with van der Waals surface area (Å²) in [5, 5.41) is 10.4. The fraction of sp³-hybridized carbons (Fsp3) is 0.483. The van der Waals surface area contributed by atoms with Gasteiger partial charge in [-0.05, 0) is 152 Å². The first-order valence-electron chi connectivity index (χ1n) is 27.1. The second kappa shape index (κ2) is 25.7. The van der Waals surface area contributed by atoms with Gasteiger partial charge in [0.25, 0.3) is 0 Å². The number of nitrogens with one attached hydrogen (secondary N) is 4. The summed E-state index contributed by atoms with van der Waals surface area (Å²) in [6.45, 7) is 12.0. The van der Waals surface area contributed by atoms with Gasteiger partial charge in [0.15, 0.2) is 0 Å². The molecule has 0 saturated carbocycles. The number of benzene rings is 3. The number of carbonyl (C=O) groups excluding carboxylic acids is 6. The Labute approximate surface area is 452 Å². The maximum absolute atomic E-state index is 15.0. The molecule has 2 aliphatic heterocycles. The number of carbonyl (C=O) groups is 6. The van der Waals surface area contributed by atoms with Gasteiger partial charge in [-0.2, -0.15) is 0 Å². The van der Waals surface area contributed by atoms with Crippen molar-refractivity contribution in [3.8, 4) is 5.75 Å². The molecule has 412 valence electrons. The van der Waals surface area contributed by atoms with E-state index in [2.05, 4.69) is 25.9 Å². The summed E-state index contributed by atoms with van der Waals surface area (Å²) in [6.07, 6.45) is 7.86. The van der Waals surface area contributed by atoms with Gasteiger partial charge in [-0.15, -0.1) is 0 Å². The van der Waals surface area contributed by atoms with Gasteiger partial charge in [-0.1, -0.05) is 48.5 Å². The standard InChI is InChI=1S/C60H78N8O9/c1-8-76-54(71)51(41-21-11-10-12-22-41)42-23-17-31-67(38-42)53(70)50(34-43-37-63-48-28-27-46(75-7)35-47(43)48)65-56(73)59(5,6)66-44-25-15-19-40(33-44)20-16-26-49(64-55(72)58(3,4)61)52(69)68-32-18-29-60(39-68,57(74)77-9-2)36-45-24-13-14-30-62-45/h10-15,19,21-22,24-25,27-28,30,33,35,37,42,49-51,63,66H,8-9,16-18,20,23,26,29,31-32,34,36,38-39,61H2,1-7H3,(H,64,72)(H,65,73)/t42-,49+,50+,51?,60-/m0/s1. The van der Waals surface area contributed by atoms with Crippen LogP contribution in [0.5, 0.6) is 5.75 Å². The Morgan fingerprint density at radius 3 is 2.27 bits per heavy atom. The summed E-state index contributed by atoms with van der Waals surface area (Å²) in [6, 6.07) is 26.6. The molecule has 2 saturated heterocycles. The summed E-state index contributed by atoms with van der Waals surface area (Å²) in [5.74, 6) is -2.22. The predicted molar refractivity (Wildman–Crippen MR) is 296 cm³/mol. The van der Waals surface area contributed by atoms with Crippen LogP contribution in [-0.2, 0) is 57.5 Å². The molecule has 0 radical (unpaired) electrons. The third kappa shape index (κ3) is 14.6. The minimum atomic E-state index is -1.25. The van der Waals surface area contributed by atoms with Crippen LogP contribution in [0.2, 0.25) is 0 Å². The van der Waals surface area contributed by atoms with E-state index < -0.39 is 46.3 Å². The molecule has 7 rings (SSSR count). The highest BCUT2D eigenvalue weighted by Gasteiger charge is 2.46. The zero-order chi connectivity index (χ0) is 55.3. The van der Waals surface area contributed by atoms with Crippen molar-refractivity contribution in [1.29, 1.82) is 0 Å². The number of aromatic amines is 1. The van der Waals surface area contributed by atoms with Crippen LogP contribution < -0.4 is 26.4 Å². The SMILES string of the molecule is CCOC(=O)C(c1ccccc1)[C@H]1CCCN(C(=O)[C@@H](Cc2c[nH]c3ccc(OC)cc23)NC(=O)C(C)(C)Nc2cccc(CCC[C@@H](NC(=O)C(C)(C)N)C(=O)N3CCC[C@@](Cc4ccccn4)(C(=O)OCC)C3)c2)C1. The number of aryl methyl sites for hydroxylation is 1. The molecule has 3 aromatic carbocycles. The molecule has 1 unspecified atom stereocenters. The Morgan fingerprint density at radius 2 is 1.56 bits per heavy atom. The van der Waals surface area contributed by atoms with Gasteiger partial charge in [0.1, 0.15) is 23.4 Å². The van der Waals surface area contributed by atoms with E-state index in [0.29, 0.717) is 76.0 Å². The second-order valence-corrected chi connectivity index (χ2v) is 21.7. The van der Waals surface area contributed by atoms with Gasteiger partial charge >= 0.3 is 11.9 Å². The molecule has 2 aromatic heterocycles. The molecule has 0 aliphatic carbocycles. The zero-order valence-electron chi connectivity index (χ0n) is 45.8. The van der Waals surface area contributed by atoms with Crippen LogP contribution in [0.4, 0.5) is 5.69 Å². The zero-order valence-corrected chi connectivity index (χ0v) is 45.8. The smallest absolute Gasteiger partial charge is 0.314 e. The van der Waals surface area contributed by atoms with Crippen molar-refractivity contribution in [1.82, 2.24) is 30.4 Å². The molecule has 5 aromatic rings. The maximum atomic E-state index is 15.0. The molecule has 4 heterocycles. The lowest BCUT2D eigenvalue weighted by atomic mass is 9.75.